The zero-order chi connectivity index (χ0) is 9.41. The molecule has 0 radical (unpaired) electrons. The summed E-state index contributed by atoms with van der Waals surface area (Å²) in [6.45, 7) is 6.29. The van der Waals surface area contributed by atoms with Gasteiger partial charge in [-0.3, -0.25) is 4.79 Å². The van der Waals surface area contributed by atoms with E-state index in [2.05, 4.69) is 13.8 Å². The van der Waals surface area contributed by atoms with Crippen molar-refractivity contribution >= 4 is 5.78 Å². The summed E-state index contributed by atoms with van der Waals surface area (Å²) in [5.41, 5.74) is 0.110. The average molecular weight is 165 g/mol. The monoisotopic (exact) mass is 165 g/mol. The van der Waals surface area contributed by atoms with Gasteiger partial charge >= 0.3 is 0 Å². The Morgan fingerprint density at radius 3 is 2.25 bits per heavy atom. The Labute approximate surface area is 73.6 Å². The molecule has 2 heteroatoms. The van der Waals surface area contributed by atoms with Crippen molar-refractivity contribution in [2.24, 2.45) is 10.8 Å². The summed E-state index contributed by atoms with van der Waals surface area (Å²) in [6, 6.07) is 1.92. The van der Waals surface area contributed by atoms with Gasteiger partial charge in [0.2, 0.25) is 0 Å². The van der Waals surface area contributed by atoms with Crippen molar-refractivity contribution in [1.82, 2.24) is 0 Å². The fourth-order valence-corrected chi connectivity index (χ4v) is 2.54. The highest BCUT2D eigenvalue weighted by molar-refractivity contribution is 5.87. The van der Waals surface area contributed by atoms with Crippen molar-refractivity contribution in [3.05, 3.63) is 0 Å². The number of Topliss-reactive ketones (excluding diaryl/α,β-unsaturated/α-hetero) is 1. The van der Waals surface area contributed by atoms with Crippen molar-refractivity contribution in [2.45, 2.75) is 40.0 Å². The molecule has 1 aliphatic rings. The fraction of sp³-hybridized carbons (Fsp3) is 0.800. The molecule has 0 amide bonds. The molecule has 0 aromatic carbocycles. The standard InChI is InChI=1S/C10H15NO/c1-9(2)6-10(3,7-9)8(12)4-5-11/h4,6-7H2,1-3H3. The van der Waals surface area contributed by atoms with Crippen LogP contribution in [0.5, 0.6) is 0 Å². The van der Waals surface area contributed by atoms with Crippen molar-refractivity contribution in [1.29, 1.82) is 5.26 Å². The number of hydrogen-bond acceptors (Lipinski definition) is 2. The first-order valence-corrected chi connectivity index (χ1v) is 4.30. The number of carbonyl (C=O) groups is 1. The number of hydrogen-bond donors (Lipinski definition) is 0. The maximum Gasteiger partial charge on any atom is 0.152 e. The molecule has 0 aromatic rings. The summed E-state index contributed by atoms with van der Waals surface area (Å²) in [7, 11) is 0. The first kappa shape index (κ1) is 9.25. The number of nitriles is 1. The first-order chi connectivity index (χ1) is 5.40. The summed E-state index contributed by atoms with van der Waals surface area (Å²) < 4.78 is 0. The third kappa shape index (κ3) is 1.50. The summed E-state index contributed by atoms with van der Waals surface area (Å²) in [6.07, 6.45) is 1.94. The van der Waals surface area contributed by atoms with E-state index in [0.29, 0.717) is 5.41 Å². The molecule has 0 heterocycles. The summed E-state index contributed by atoms with van der Waals surface area (Å²) in [5.74, 6) is 0.115. The molecule has 0 unspecified atom stereocenters. The van der Waals surface area contributed by atoms with Crippen LogP contribution in [0.15, 0.2) is 0 Å². The van der Waals surface area contributed by atoms with E-state index in [1.54, 1.807) is 0 Å². The van der Waals surface area contributed by atoms with Gasteiger partial charge in [-0.25, -0.2) is 0 Å². The van der Waals surface area contributed by atoms with Crippen LogP contribution in [0.25, 0.3) is 0 Å². The summed E-state index contributed by atoms with van der Waals surface area (Å²) >= 11 is 0. The second-order valence-electron chi connectivity index (χ2n) is 4.84. The van der Waals surface area contributed by atoms with Crippen LogP contribution in [0, 0.1) is 22.2 Å². The van der Waals surface area contributed by atoms with Gasteiger partial charge in [0.1, 0.15) is 0 Å². The van der Waals surface area contributed by atoms with Gasteiger partial charge in [0, 0.05) is 5.41 Å². The van der Waals surface area contributed by atoms with E-state index in [4.69, 9.17) is 5.26 Å². The molecule has 1 rings (SSSR count). The highest BCUT2D eigenvalue weighted by Gasteiger charge is 2.49. The van der Waals surface area contributed by atoms with Crippen LogP contribution in [0.3, 0.4) is 0 Å². The molecular weight excluding hydrogens is 150 g/mol. The Kier molecular flexibility index (Phi) is 1.99. The average Bonchev–Trinajstić information content (AvgIpc) is 1.83. The topological polar surface area (TPSA) is 40.9 Å². The second-order valence-corrected chi connectivity index (χ2v) is 4.84. The van der Waals surface area contributed by atoms with Gasteiger partial charge in [-0.2, -0.15) is 5.26 Å². The van der Waals surface area contributed by atoms with Crippen molar-refractivity contribution < 1.29 is 4.79 Å². The van der Waals surface area contributed by atoms with Gasteiger partial charge < -0.3 is 0 Å². The lowest BCUT2D eigenvalue weighted by Gasteiger charge is -2.50. The maximum absolute atomic E-state index is 11.4. The molecule has 12 heavy (non-hydrogen) atoms. The molecule has 0 saturated heterocycles. The lowest BCUT2D eigenvalue weighted by Crippen LogP contribution is -2.46. The highest BCUT2D eigenvalue weighted by Crippen LogP contribution is 2.54. The van der Waals surface area contributed by atoms with E-state index in [-0.39, 0.29) is 17.6 Å². The molecular formula is C10H15NO. The molecule has 0 aromatic heterocycles. The van der Waals surface area contributed by atoms with Crippen LogP contribution in [0.2, 0.25) is 0 Å². The van der Waals surface area contributed by atoms with Gasteiger partial charge in [0.25, 0.3) is 0 Å². The Balaban J connectivity index is 2.56. The minimum Gasteiger partial charge on any atom is -0.298 e. The Morgan fingerprint density at radius 1 is 1.42 bits per heavy atom. The number of rotatable bonds is 2. The van der Waals surface area contributed by atoms with Gasteiger partial charge in [-0.15, -0.1) is 0 Å². The smallest absolute Gasteiger partial charge is 0.152 e. The maximum atomic E-state index is 11.4. The lowest BCUT2D eigenvalue weighted by molar-refractivity contribution is -0.138. The van der Waals surface area contributed by atoms with E-state index in [1.165, 1.54) is 0 Å². The molecule has 0 aliphatic heterocycles. The third-order valence-electron chi connectivity index (χ3n) is 2.65. The van der Waals surface area contributed by atoms with Crippen LogP contribution in [0.1, 0.15) is 40.0 Å². The van der Waals surface area contributed by atoms with Crippen molar-refractivity contribution in [3.8, 4) is 6.07 Å². The minimum atomic E-state index is -0.195. The van der Waals surface area contributed by atoms with Crippen molar-refractivity contribution in [2.75, 3.05) is 0 Å². The first-order valence-electron chi connectivity index (χ1n) is 4.30. The van der Waals surface area contributed by atoms with Crippen molar-refractivity contribution in [3.63, 3.8) is 0 Å². The Hall–Kier alpha value is -0.840. The molecule has 0 N–H and O–H groups in total. The molecule has 0 spiro atoms. The van der Waals surface area contributed by atoms with Crippen LogP contribution >= 0.6 is 0 Å². The molecule has 1 fully saturated rings. The number of nitrogens with zero attached hydrogens (tertiary/aromatic N) is 1. The zero-order valence-corrected chi connectivity index (χ0v) is 7.98. The van der Waals surface area contributed by atoms with Gasteiger partial charge in [0.05, 0.1) is 12.5 Å². The predicted molar refractivity (Wildman–Crippen MR) is 46.4 cm³/mol. The van der Waals surface area contributed by atoms with Crippen LogP contribution < -0.4 is 0 Å². The third-order valence-corrected chi connectivity index (χ3v) is 2.65. The summed E-state index contributed by atoms with van der Waals surface area (Å²) in [5, 5.41) is 8.38. The Morgan fingerprint density at radius 2 is 1.92 bits per heavy atom. The largest absolute Gasteiger partial charge is 0.298 e. The molecule has 0 atom stereocenters. The minimum absolute atomic E-state index is 0.0760. The normalized spacial score (nSPS) is 23.8. The van der Waals surface area contributed by atoms with E-state index in [1.807, 2.05) is 13.0 Å². The highest BCUT2D eigenvalue weighted by atomic mass is 16.1. The van der Waals surface area contributed by atoms with E-state index >= 15 is 0 Å². The number of carbonyl (C=O) groups excluding carboxylic acids is 1. The molecule has 1 saturated carbocycles. The fourth-order valence-electron chi connectivity index (χ4n) is 2.54. The SMILES string of the molecule is CC1(C)CC(C)(C(=O)CC#N)C1. The van der Waals surface area contributed by atoms with Crippen LogP contribution in [0.4, 0.5) is 0 Å². The van der Waals surface area contributed by atoms with Gasteiger partial charge in [0.15, 0.2) is 5.78 Å². The Bertz CT molecular complexity index is 239. The van der Waals surface area contributed by atoms with E-state index < -0.39 is 0 Å². The second kappa shape index (κ2) is 2.58. The van der Waals surface area contributed by atoms with Crippen LogP contribution in [-0.4, -0.2) is 5.78 Å². The van der Waals surface area contributed by atoms with Gasteiger partial charge in [-0.1, -0.05) is 20.8 Å². The van der Waals surface area contributed by atoms with Gasteiger partial charge in [-0.05, 0) is 18.3 Å². The lowest BCUT2D eigenvalue weighted by atomic mass is 9.53. The molecule has 1 aliphatic carbocycles. The zero-order valence-electron chi connectivity index (χ0n) is 7.98. The van der Waals surface area contributed by atoms with Crippen LogP contribution in [-0.2, 0) is 4.79 Å². The summed E-state index contributed by atoms with van der Waals surface area (Å²) in [4.78, 5) is 11.4. The predicted octanol–water partition coefficient (Wildman–Crippen LogP) is 2.30. The van der Waals surface area contributed by atoms with E-state index in [9.17, 15) is 4.79 Å². The molecule has 66 valence electrons. The number of ketones is 1. The quantitative estimate of drug-likeness (QED) is 0.630. The van der Waals surface area contributed by atoms with E-state index in [0.717, 1.165) is 12.8 Å². The molecule has 2 nitrogen and oxygen atoms in total. The molecule has 0 bridgehead atoms.